The number of nitrogens with one attached hydrogen (secondary N) is 1. The number of para-hydroxylation sites is 1. The van der Waals surface area contributed by atoms with E-state index in [9.17, 15) is 0 Å². The topological polar surface area (TPSA) is 50.4 Å². The van der Waals surface area contributed by atoms with Gasteiger partial charge in [0, 0.05) is 17.8 Å². The summed E-state index contributed by atoms with van der Waals surface area (Å²) < 4.78 is 0. The Hall–Kier alpha value is -2.29. The van der Waals surface area contributed by atoms with Gasteiger partial charge in [0.2, 0.25) is 0 Å². The summed E-state index contributed by atoms with van der Waals surface area (Å²) in [6, 6.07) is 18.3. The van der Waals surface area contributed by atoms with E-state index in [0.717, 1.165) is 29.8 Å². The summed E-state index contributed by atoms with van der Waals surface area (Å²) in [7, 11) is 0. The average molecular weight is 253 g/mol. The molecule has 0 amide bonds. The molecule has 0 bridgehead atoms. The Balaban J connectivity index is 2.27. The van der Waals surface area contributed by atoms with E-state index in [1.807, 2.05) is 36.4 Å². The van der Waals surface area contributed by atoms with E-state index in [4.69, 9.17) is 5.73 Å². The van der Waals surface area contributed by atoms with Crippen molar-refractivity contribution in [1.29, 1.82) is 0 Å². The van der Waals surface area contributed by atoms with Crippen LogP contribution in [0.4, 0.5) is 5.69 Å². The molecular formula is C16H19N3. The molecule has 0 aliphatic heterocycles. The van der Waals surface area contributed by atoms with E-state index < -0.39 is 0 Å². The van der Waals surface area contributed by atoms with Gasteiger partial charge in [-0.05, 0) is 18.1 Å². The lowest BCUT2D eigenvalue weighted by atomic mass is 10.0. The zero-order chi connectivity index (χ0) is 13.5. The summed E-state index contributed by atoms with van der Waals surface area (Å²) in [5, 5.41) is 3.17. The van der Waals surface area contributed by atoms with Crippen LogP contribution in [-0.4, -0.2) is 12.5 Å². The minimum atomic E-state index is 0.463. The number of benzene rings is 2. The van der Waals surface area contributed by atoms with Crippen LogP contribution in [-0.2, 0) is 0 Å². The molecule has 0 unspecified atom stereocenters. The molecule has 0 fully saturated rings. The van der Waals surface area contributed by atoms with E-state index in [2.05, 4.69) is 35.4 Å². The first kappa shape index (κ1) is 13.1. The van der Waals surface area contributed by atoms with Gasteiger partial charge in [-0.25, -0.2) is 0 Å². The normalized spacial score (nSPS) is 11.3. The van der Waals surface area contributed by atoms with Gasteiger partial charge in [-0.15, -0.1) is 0 Å². The van der Waals surface area contributed by atoms with Gasteiger partial charge in [-0.3, -0.25) is 4.99 Å². The summed E-state index contributed by atoms with van der Waals surface area (Å²) in [6.07, 6.45) is 0.989. The molecule has 0 aliphatic rings. The standard InChI is InChI=1S/C16H19N3/c1-2-12-18-16(17)19-15-11-7-6-10-14(15)13-8-4-3-5-9-13/h3-11H,2,12H2,1H3,(H3,17,18,19). The van der Waals surface area contributed by atoms with E-state index >= 15 is 0 Å². The van der Waals surface area contributed by atoms with Gasteiger partial charge in [0.1, 0.15) is 0 Å². The summed E-state index contributed by atoms with van der Waals surface area (Å²) in [6.45, 7) is 2.82. The van der Waals surface area contributed by atoms with Gasteiger partial charge in [-0.1, -0.05) is 55.5 Å². The quantitative estimate of drug-likeness (QED) is 0.647. The largest absolute Gasteiger partial charge is 0.370 e. The molecule has 0 heterocycles. The predicted molar refractivity (Wildman–Crippen MR) is 82.3 cm³/mol. The number of nitrogens with zero attached hydrogens (tertiary/aromatic N) is 1. The number of guanidine groups is 1. The summed E-state index contributed by atoms with van der Waals surface area (Å²) in [4.78, 5) is 4.26. The Labute approximate surface area is 114 Å². The molecule has 0 saturated heterocycles. The van der Waals surface area contributed by atoms with E-state index in [1.165, 1.54) is 0 Å². The molecule has 3 heteroatoms. The molecule has 0 aliphatic carbocycles. The Morgan fingerprint density at radius 1 is 1.05 bits per heavy atom. The van der Waals surface area contributed by atoms with Crippen LogP contribution in [0.25, 0.3) is 11.1 Å². The fourth-order valence-electron chi connectivity index (χ4n) is 1.87. The second-order valence-corrected chi connectivity index (χ2v) is 4.30. The lowest BCUT2D eigenvalue weighted by molar-refractivity contribution is 0.929. The fourth-order valence-corrected chi connectivity index (χ4v) is 1.87. The number of nitrogens with two attached hydrogens (primary N) is 1. The number of aliphatic imine (C=N–C) groups is 1. The number of rotatable bonds is 4. The van der Waals surface area contributed by atoms with Crippen LogP contribution in [0, 0.1) is 0 Å². The zero-order valence-corrected chi connectivity index (χ0v) is 11.1. The highest BCUT2D eigenvalue weighted by atomic mass is 15.1. The molecule has 3 nitrogen and oxygen atoms in total. The van der Waals surface area contributed by atoms with Crippen LogP contribution in [0.2, 0.25) is 0 Å². The van der Waals surface area contributed by atoms with E-state index in [1.54, 1.807) is 0 Å². The van der Waals surface area contributed by atoms with Crippen molar-refractivity contribution in [2.45, 2.75) is 13.3 Å². The van der Waals surface area contributed by atoms with Crippen molar-refractivity contribution >= 4 is 11.6 Å². The second-order valence-electron chi connectivity index (χ2n) is 4.30. The van der Waals surface area contributed by atoms with Crippen LogP contribution in [0.5, 0.6) is 0 Å². The highest BCUT2D eigenvalue weighted by Gasteiger charge is 2.04. The lowest BCUT2D eigenvalue weighted by Gasteiger charge is -2.11. The van der Waals surface area contributed by atoms with Crippen LogP contribution < -0.4 is 11.1 Å². The number of hydrogen-bond donors (Lipinski definition) is 2. The van der Waals surface area contributed by atoms with Crippen LogP contribution in [0.3, 0.4) is 0 Å². The first-order valence-corrected chi connectivity index (χ1v) is 6.52. The molecule has 0 spiro atoms. The van der Waals surface area contributed by atoms with Crippen molar-refractivity contribution in [1.82, 2.24) is 0 Å². The molecule has 0 radical (unpaired) electrons. The maximum absolute atomic E-state index is 5.88. The minimum absolute atomic E-state index is 0.463. The van der Waals surface area contributed by atoms with Crippen LogP contribution in [0.1, 0.15) is 13.3 Å². The summed E-state index contributed by atoms with van der Waals surface area (Å²) >= 11 is 0. The molecule has 2 aromatic rings. The molecule has 2 rings (SSSR count). The molecule has 0 saturated carbocycles. The lowest BCUT2D eigenvalue weighted by Crippen LogP contribution is -2.23. The van der Waals surface area contributed by atoms with Gasteiger partial charge in [0.15, 0.2) is 5.96 Å². The average Bonchev–Trinajstić information content (AvgIpc) is 2.46. The molecule has 19 heavy (non-hydrogen) atoms. The van der Waals surface area contributed by atoms with E-state index in [-0.39, 0.29) is 0 Å². The van der Waals surface area contributed by atoms with Crippen molar-refractivity contribution in [3.05, 3.63) is 54.6 Å². The highest BCUT2D eigenvalue weighted by Crippen LogP contribution is 2.27. The Morgan fingerprint density at radius 2 is 1.74 bits per heavy atom. The Kier molecular flexibility index (Phi) is 4.56. The molecule has 2 aromatic carbocycles. The predicted octanol–water partition coefficient (Wildman–Crippen LogP) is 3.49. The third kappa shape index (κ3) is 3.58. The smallest absolute Gasteiger partial charge is 0.193 e. The fraction of sp³-hybridized carbons (Fsp3) is 0.188. The van der Waals surface area contributed by atoms with Crippen molar-refractivity contribution < 1.29 is 0 Å². The first-order valence-electron chi connectivity index (χ1n) is 6.52. The SMILES string of the molecule is CCCN=C(N)Nc1ccccc1-c1ccccc1. The molecule has 3 N–H and O–H groups in total. The number of hydrogen-bond acceptors (Lipinski definition) is 1. The summed E-state index contributed by atoms with van der Waals surface area (Å²) in [5.41, 5.74) is 9.14. The second kappa shape index (κ2) is 6.59. The van der Waals surface area contributed by atoms with E-state index in [0.29, 0.717) is 5.96 Å². The van der Waals surface area contributed by atoms with Crippen molar-refractivity contribution in [3.8, 4) is 11.1 Å². The van der Waals surface area contributed by atoms with Crippen LogP contribution >= 0.6 is 0 Å². The van der Waals surface area contributed by atoms with Crippen molar-refractivity contribution in [2.24, 2.45) is 10.7 Å². The molecular weight excluding hydrogens is 234 g/mol. The molecule has 98 valence electrons. The van der Waals surface area contributed by atoms with Gasteiger partial charge < -0.3 is 11.1 Å². The van der Waals surface area contributed by atoms with Crippen molar-refractivity contribution in [2.75, 3.05) is 11.9 Å². The Bertz CT molecular complexity index is 547. The van der Waals surface area contributed by atoms with Gasteiger partial charge >= 0.3 is 0 Å². The minimum Gasteiger partial charge on any atom is -0.370 e. The van der Waals surface area contributed by atoms with Crippen LogP contribution in [0.15, 0.2) is 59.6 Å². The molecule has 0 atom stereocenters. The monoisotopic (exact) mass is 253 g/mol. The number of anilines is 1. The van der Waals surface area contributed by atoms with Gasteiger partial charge in [0.05, 0.1) is 0 Å². The first-order chi connectivity index (χ1) is 9.31. The maximum atomic E-state index is 5.88. The molecule has 0 aromatic heterocycles. The third-order valence-corrected chi connectivity index (χ3v) is 2.78. The zero-order valence-electron chi connectivity index (χ0n) is 11.1. The van der Waals surface area contributed by atoms with Gasteiger partial charge in [-0.2, -0.15) is 0 Å². The highest BCUT2D eigenvalue weighted by molar-refractivity contribution is 5.96. The van der Waals surface area contributed by atoms with Crippen molar-refractivity contribution in [3.63, 3.8) is 0 Å². The maximum Gasteiger partial charge on any atom is 0.193 e. The summed E-state index contributed by atoms with van der Waals surface area (Å²) in [5.74, 6) is 0.463. The third-order valence-electron chi connectivity index (χ3n) is 2.78. The van der Waals surface area contributed by atoms with Gasteiger partial charge in [0.25, 0.3) is 0 Å². The Morgan fingerprint density at radius 3 is 2.47 bits per heavy atom.